The molecular weight excluding hydrogens is 186 g/mol. The summed E-state index contributed by atoms with van der Waals surface area (Å²) in [5.74, 6) is 0.880. The molecule has 2 nitrogen and oxygen atoms in total. The first-order valence-electron chi connectivity index (χ1n) is 6.59. The standard InChI is InChI=1S/C13H25NO/c1-14-10-5-12(6-11-14)4-9-13(15)7-2-3-8-13/h12,15H,2-11H2,1H3. The minimum atomic E-state index is -0.274. The summed E-state index contributed by atoms with van der Waals surface area (Å²) >= 11 is 0. The summed E-state index contributed by atoms with van der Waals surface area (Å²) in [6.07, 6.45) is 9.58. The summed E-state index contributed by atoms with van der Waals surface area (Å²) < 4.78 is 0. The quantitative estimate of drug-likeness (QED) is 0.775. The zero-order chi connectivity index (χ0) is 10.7. The highest BCUT2D eigenvalue weighted by Crippen LogP contribution is 2.35. The molecule has 1 heterocycles. The van der Waals surface area contributed by atoms with Crippen LogP contribution in [0.2, 0.25) is 0 Å². The van der Waals surface area contributed by atoms with Crippen LogP contribution in [0.4, 0.5) is 0 Å². The lowest BCUT2D eigenvalue weighted by atomic mass is 9.86. The van der Waals surface area contributed by atoms with Crippen LogP contribution in [0.1, 0.15) is 51.4 Å². The van der Waals surface area contributed by atoms with Crippen molar-refractivity contribution in [2.75, 3.05) is 20.1 Å². The zero-order valence-electron chi connectivity index (χ0n) is 10.0. The van der Waals surface area contributed by atoms with E-state index in [2.05, 4.69) is 11.9 Å². The van der Waals surface area contributed by atoms with E-state index in [1.54, 1.807) is 0 Å². The second kappa shape index (κ2) is 4.84. The zero-order valence-corrected chi connectivity index (χ0v) is 10.0. The van der Waals surface area contributed by atoms with Gasteiger partial charge in [-0.2, -0.15) is 0 Å². The molecule has 2 rings (SSSR count). The summed E-state index contributed by atoms with van der Waals surface area (Å²) in [5.41, 5.74) is -0.274. The number of piperidine rings is 1. The van der Waals surface area contributed by atoms with Gasteiger partial charge in [-0.15, -0.1) is 0 Å². The third-order valence-corrected chi connectivity index (χ3v) is 4.39. The molecular formula is C13H25NO. The van der Waals surface area contributed by atoms with Crippen molar-refractivity contribution in [3.05, 3.63) is 0 Å². The average Bonchev–Trinajstić information content (AvgIpc) is 2.65. The van der Waals surface area contributed by atoms with Crippen molar-refractivity contribution in [2.45, 2.75) is 57.0 Å². The van der Waals surface area contributed by atoms with Gasteiger partial charge in [-0.25, -0.2) is 0 Å². The van der Waals surface area contributed by atoms with Crippen molar-refractivity contribution in [2.24, 2.45) is 5.92 Å². The fourth-order valence-corrected chi connectivity index (χ4v) is 3.11. The number of aliphatic hydroxyl groups is 1. The number of likely N-dealkylation sites (tertiary alicyclic amines) is 1. The lowest BCUT2D eigenvalue weighted by Crippen LogP contribution is -2.32. The van der Waals surface area contributed by atoms with Crippen molar-refractivity contribution < 1.29 is 5.11 Å². The minimum Gasteiger partial charge on any atom is -0.390 e. The Morgan fingerprint density at radius 2 is 1.80 bits per heavy atom. The monoisotopic (exact) mass is 211 g/mol. The second-order valence-corrected chi connectivity index (χ2v) is 5.72. The maximum atomic E-state index is 10.3. The molecule has 1 aliphatic carbocycles. The van der Waals surface area contributed by atoms with Crippen LogP contribution in [0, 0.1) is 5.92 Å². The molecule has 2 fully saturated rings. The van der Waals surface area contributed by atoms with Crippen LogP contribution < -0.4 is 0 Å². The van der Waals surface area contributed by atoms with Gasteiger partial charge in [-0.3, -0.25) is 0 Å². The third kappa shape index (κ3) is 3.18. The lowest BCUT2D eigenvalue weighted by molar-refractivity contribution is 0.0290. The SMILES string of the molecule is CN1CCC(CCC2(O)CCCC2)CC1. The molecule has 0 unspecified atom stereocenters. The second-order valence-electron chi connectivity index (χ2n) is 5.72. The van der Waals surface area contributed by atoms with E-state index in [9.17, 15) is 5.11 Å². The lowest BCUT2D eigenvalue weighted by Gasteiger charge is -2.31. The molecule has 1 N–H and O–H groups in total. The molecule has 0 radical (unpaired) electrons. The molecule has 0 bridgehead atoms. The van der Waals surface area contributed by atoms with E-state index in [0.717, 1.165) is 25.2 Å². The molecule has 0 spiro atoms. The van der Waals surface area contributed by atoms with Crippen molar-refractivity contribution in [3.8, 4) is 0 Å². The Labute approximate surface area is 93.7 Å². The van der Waals surface area contributed by atoms with E-state index >= 15 is 0 Å². The molecule has 0 aromatic carbocycles. The van der Waals surface area contributed by atoms with E-state index < -0.39 is 0 Å². The Kier molecular flexibility index (Phi) is 3.68. The predicted octanol–water partition coefficient (Wildman–Crippen LogP) is 2.41. The van der Waals surface area contributed by atoms with Crippen LogP contribution in [-0.2, 0) is 0 Å². The van der Waals surface area contributed by atoms with Crippen LogP contribution >= 0.6 is 0 Å². The van der Waals surface area contributed by atoms with Gasteiger partial charge in [0.05, 0.1) is 5.60 Å². The highest BCUT2D eigenvalue weighted by Gasteiger charge is 2.31. The fourth-order valence-electron chi connectivity index (χ4n) is 3.11. The van der Waals surface area contributed by atoms with Crippen LogP contribution in [0.15, 0.2) is 0 Å². The summed E-state index contributed by atoms with van der Waals surface area (Å²) in [4.78, 5) is 2.42. The Morgan fingerprint density at radius 3 is 2.40 bits per heavy atom. The van der Waals surface area contributed by atoms with E-state index in [4.69, 9.17) is 0 Å². The molecule has 2 heteroatoms. The Balaban J connectivity index is 1.69. The Bertz CT molecular complexity index is 191. The predicted molar refractivity (Wildman–Crippen MR) is 62.9 cm³/mol. The summed E-state index contributed by atoms with van der Waals surface area (Å²) in [5, 5.41) is 10.3. The van der Waals surface area contributed by atoms with Crippen LogP contribution in [-0.4, -0.2) is 35.7 Å². The van der Waals surface area contributed by atoms with E-state index in [1.807, 2.05) is 0 Å². The van der Waals surface area contributed by atoms with Crippen molar-refractivity contribution in [1.82, 2.24) is 4.90 Å². The van der Waals surface area contributed by atoms with Crippen molar-refractivity contribution in [3.63, 3.8) is 0 Å². The molecule has 1 aliphatic heterocycles. The largest absolute Gasteiger partial charge is 0.390 e. The molecule has 2 aliphatic rings. The normalized spacial score (nSPS) is 28.4. The molecule has 1 saturated heterocycles. The van der Waals surface area contributed by atoms with Gasteiger partial charge in [0.25, 0.3) is 0 Å². The third-order valence-electron chi connectivity index (χ3n) is 4.39. The van der Waals surface area contributed by atoms with Gasteiger partial charge in [0, 0.05) is 0 Å². The molecule has 0 aromatic heterocycles. The van der Waals surface area contributed by atoms with Gasteiger partial charge in [0.1, 0.15) is 0 Å². The van der Waals surface area contributed by atoms with Gasteiger partial charge in [-0.1, -0.05) is 12.8 Å². The number of rotatable bonds is 3. The fraction of sp³-hybridized carbons (Fsp3) is 1.00. The average molecular weight is 211 g/mol. The molecule has 15 heavy (non-hydrogen) atoms. The van der Waals surface area contributed by atoms with Crippen LogP contribution in [0.25, 0.3) is 0 Å². The Hall–Kier alpha value is -0.0800. The van der Waals surface area contributed by atoms with Crippen LogP contribution in [0.3, 0.4) is 0 Å². The smallest absolute Gasteiger partial charge is 0.0648 e. The van der Waals surface area contributed by atoms with Crippen molar-refractivity contribution in [1.29, 1.82) is 0 Å². The van der Waals surface area contributed by atoms with Crippen molar-refractivity contribution >= 4 is 0 Å². The first-order chi connectivity index (χ1) is 7.18. The van der Waals surface area contributed by atoms with E-state index in [1.165, 1.54) is 45.2 Å². The molecule has 88 valence electrons. The number of hydrogen-bond donors (Lipinski definition) is 1. The Morgan fingerprint density at radius 1 is 1.20 bits per heavy atom. The van der Waals surface area contributed by atoms with Gasteiger partial charge < -0.3 is 10.0 Å². The summed E-state index contributed by atoms with van der Waals surface area (Å²) in [6, 6.07) is 0. The van der Waals surface area contributed by atoms with Gasteiger partial charge in [0.2, 0.25) is 0 Å². The number of hydrogen-bond acceptors (Lipinski definition) is 2. The van der Waals surface area contributed by atoms with Gasteiger partial charge >= 0.3 is 0 Å². The molecule has 0 aromatic rings. The van der Waals surface area contributed by atoms with Crippen LogP contribution in [0.5, 0.6) is 0 Å². The minimum absolute atomic E-state index is 0.274. The summed E-state index contributed by atoms with van der Waals surface area (Å²) in [7, 11) is 2.21. The van der Waals surface area contributed by atoms with Gasteiger partial charge in [0.15, 0.2) is 0 Å². The van der Waals surface area contributed by atoms with E-state index in [-0.39, 0.29) is 5.60 Å². The maximum absolute atomic E-state index is 10.3. The highest BCUT2D eigenvalue weighted by atomic mass is 16.3. The maximum Gasteiger partial charge on any atom is 0.0648 e. The molecule has 0 amide bonds. The summed E-state index contributed by atoms with van der Waals surface area (Å²) in [6.45, 7) is 2.51. The number of nitrogens with zero attached hydrogens (tertiary/aromatic N) is 1. The highest BCUT2D eigenvalue weighted by molar-refractivity contribution is 4.85. The van der Waals surface area contributed by atoms with E-state index in [0.29, 0.717) is 0 Å². The molecule has 1 saturated carbocycles. The molecule has 0 atom stereocenters. The first-order valence-corrected chi connectivity index (χ1v) is 6.59. The first kappa shape index (κ1) is 11.4. The van der Waals surface area contributed by atoms with Gasteiger partial charge in [-0.05, 0) is 64.6 Å². The topological polar surface area (TPSA) is 23.5 Å².